The SMILES string of the molecule is O=S(=O)(Cc1cccc(C(F)(F)F)c1)c1nc2ncccc2[nH]1. The van der Waals surface area contributed by atoms with E-state index >= 15 is 0 Å². The smallest absolute Gasteiger partial charge is 0.327 e. The third-order valence-corrected chi connectivity index (χ3v) is 4.64. The molecule has 2 aromatic heterocycles. The highest BCUT2D eigenvalue weighted by atomic mass is 32.2. The first-order chi connectivity index (χ1) is 10.8. The summed E-state index contributed by atoms with van der Waals surface area (Å²) >= 11 is 0. The Hall–Kier alpha value is -2.42. The van der Waals surface area contributed by atoms with Crippen LogP contribution in [0.4, 0.5) is 13.2 Å². The Bertz CT molecular complexity index is 932. The van der Waals surface area contributed by atoms with E-state index in [1.165, 1.54) is 18.3 Å². The van der Waals surface area contributed by atoms with Crippen LogP contribution in [0.5, 0.6) is 0 Å². The Morgan fingerprint density at radius 3 is 2.61 bits per heavy atom. The summed E-state index contributed by atoms with van der Waals surface area (Å²) in [6, 6.07) is 7.43. The number of alkyl halides is 3. The second-order valence-electron chi connectivity index (χ2n) is 4.87. The summed E-state index contributed by atoms with van der Waals surface area (Å²) in [7, 11) is -3.91. The lowest BCUT2D eigenvalue weighted by Gasteiger charge is -2.08. The van der Waals surface area contributed by atoms with Gasteiger partial charge >= 0.3 is 6.18 Å². The molecular weight excluding hydrogens is 331 g/mol. The summed E-state index contributed by atoms with van der Waals surface area (Å²) in [5, 5.41) is -0.316. The van der Waals surface area contributed by atoms with Gasteiger partial charge in [-0.2, -0.15) is 18.2 Å². The molecule has 0 bridgehead atoms. The van der Waals surface area contributed by atoms with Crippen molar-refractivity contribution in [3.05, 3.63) is 53.7 Å². The molecule has 1 aromatic carbocycles. The van der Waals surface area contributed by atoms with Crippen molar-refractivity contribution in [1.29, 1.82) is 0 Å². The minimum Gasteiger partial charge on any atom is -0.327 e. The number of nitrogens with one attached hydrogen (secondary N) is 1. The van der Waals surface area contributed by atoms with Crippen LogP contribution in [-0.2, 0) is 21.8 Å². The summed E-state index contributed by atoms with van der Waals surface area (Å²) in [5.74, 6) is -0.587. The van der Waals surface area contributed by atoms with Gasteiger partial charge in [0, 0.05) is 6.20 Å². The monoisotopic (exact) mass is 341 g/mol. The molecule has 3 rings (SSSR count). The molecule has 0 saturated carbocycles. The molecule has 0 fully saturated rings. The van der Waals surface area contributed by atoms with Crippen molar-refractivity contribution < 1.29 is 21.6 Å². The van der Waals surface area contributed by atoms with Crippen LogP contribution in [0, 0.1) is 0 Å². The molecule has 2 heterocycles. The van der Waals surface area contributed by atoms with Gasteiger partial charge in [0.15, 0.2) is 5.65 Å². The van der Waals surface area contributed by atoms with Crippen LogP contribution in [0.3, 0.4) is 0 Å². The fourth-order valence-electron chi connectivity index (χ4n) is 2.10. The highest BCUT2D eigenvalue weighted by molar-refractivity contribution is 7.90. The van der Waals surface area contributed by atoms with Crippen LogP contribution in [0.15, 0.2) is 47.8 Å². The Morgan fingerprint density at radius 2 is 1.91 bits per heavy atom. The molecule has 120 valence electrons. The molecule has 0 saturated heterocycles. The summed E-state index contributed by atoms with van der Waals surface area (Å²) in [6.07, 6.45) is -3.06. The van der Waals surface area contributed by atoms with Gasteiger partial charge in [0.1, 0.15) is 0 Å². The normalized spacial score (nSPS) is 12.7. The predicted molar refractivity (Wildman–Crippen MR) is 76.2 cm³/mol. The molecule has 0 unspecified atom stereocenters. The molecule has 0 spiro atoms. The van der Waals surface area contributed by atoms with Crippen molar-refractivity contribution in [2.75, 3.05) is 0 Å². The van der Waals surface area contributed by atoms with E-state index < -0.39 is 27.3 Å². The molecule has 0 aliphatic rings. The Balaban J connectivity index is 1.95. The number of H-pyrrole nitrogens is 1. The largest absolute Gasteiger partial charge is 0.416 e. The fraction of sp³-hybridized carbons (Fsp3) is 0.143. The van der Waals surface area contributed by atoms with Gasteiger partial charge in [0.25, 0.3) is 0 Å². The van der Waals surface area contributed by atoms with Crippen LogP contribution in [0.1, 0.15) is 11.1 Å². The number of rotatable bonds is 3. The van der Waals surface area contributed by atoms with Crippen LogP contribution in [0.2, 0.25) is 0 Å². The molecule has 1 N–H and O–H groups in total. The number of pyridine rings is 1. The Kier molecular flexibility index (Phi) is 3.59. The molecular formula is C14H10F3N3O2S. The maximum atomic E-state index is 12.7. The fourth-order valence-corrected chi connectivity index (χ4v) is 3.34. The number of aromatic amines is 1. The molecule has 9 heteroatoms. The maximum Gasteiger partial charge on any atom is 0.416 e. The zero-order valence-electron chi connectivity index (χ0n) is 11.5. The number of hydrogen-bond acceptors (Lipinski definition) is 4. The van der Waals surface area contributed by atoms with E-state index in [9.17, 15) is 21.6 Å². The van der Waals surface area contributed by atoms with Crippen LogP contribution in [0.25, 0.3) is 11.2 Å². The van der Waals surface area contributed by atoms with Crippen molar-refractivity contribution in [1.82, 2.24) is 15.0 Å². The highest BCUT2D eigenvalue weighted by Crippen LogP contribution is 2.30. The van der Waals surface area contributed by atoms with E-state index in [-0.39, 0.29) is 16.4 Å². The van der Waals surface area contributed by atoms with Crippen LogP contribution >= 0.6 is 0 Å². The Labute approximate surface area is 129 Å². The standard InChI is InChI=1S/C14H10F3N3O2S/c15-14(16,17)10-4-1-3-9(7-10)8-23(21,22)13-19-11-5-2-6-18-12(11)20-13/h1-7H,8H2,(H,18,19,20). The van der Waals surface area contributed by atoms with Crippen molar-refractivity contribution in [2.24, 2.45) is 0 Å². The zero-order chi connectivity index (χ0) is 16.7. The van der Waals surface area contributed by atoms with E-state index in [4.69, 9.17) is 0 Å². The molecule has 0 radical (unpaired) electrons. The van der Waals surface area contributed by atoms with Gasteiger partial charge in [0.05, 0.1) is 16.8 Å². The van der Waals surface area contributed by atoms with Gasteiger partial charge in [-0.05, 0) is 23.8 Å². The quantitative estimate of drug-likeness (QED) is 0.795. The molecule has 23 heavy (non-hydrogen) atoms. The first-order valence-electron chi connectivity index (χ1n) is 6.45. The van der Waals surface area contributed by atoms with Crippen molar-refractivity contribution in [3.63, 3.8) is 0 Å². The predicted octanol–water partition coefficient (Wildman–Crippen LogP) is 2.95. The summed E-state index contributed by atoms with van der Waals surface area (Å²) < 4.78 is 62.7. The number of halogens is 3. The van der Waals surface area contributed by atoms with Gasteiger partial charge in [-0.25, -0.2) is 13.4 Å². The Morgan fingerprint density at radius 1 is 1.13 bits per heavy atom. The van der Waals surface area contributed by atoms with Gasteiger partial charge in [-0.3, -0.25) is 0 Å². The zero-order valence-corrected chi connectivity index (χ0v) is 12.3. The average Bonchev–Trinajstić information content (AvgIpc) is 2.91. The number of hydrogen-bond donors (Lipinski definition) is 1. The molecule has 0 amide bonds. The van der Waals surface area contributed by atoms with Gasteiger partial charge < -0.3 is 4.98 Å². The van der Waals surface area contributed by atoms with E-state index in [1.807, 2.05) is 0 Å². The number of sulfone groups is 1. The lowest BCUT2D eigenvalue weighted by molar-refractivity contribution is -0.137. The topological polar surface area (TPSA) is 75.7 Å². The third kappa shape index (κ3) is 3.19. The van der Waals surface area contributed by atoms with Crippen molar-refractivity contribution >= 4 is 21.0 Å². The first kappa shape index (κ1) is 15.5. The third-order valence-electron chi connectivity index (χ3n) is 3.14. The number of fused-ring (bicyclic) bond motifs is 1. The van der Waals surface area contributed by atoms with E-state index in [0.717, 1.165) is 12.1 Å². The second kappa shape index (κ2) is 5.34. The van der Waals surface area contributed by atoms with Crippen molar-refractivity contribution in [2.45, 2.75) is 17.1 Å². The molecule has 0 aliphatic carbocycles. The van der Waals surface area contributed by atoms with E-state index in [2.05, 4.69) is 15.0 Å². The number of benzene rings is 1. The summed E-state index contributed by atoms with van der Waals surface area (Å²) in [5.41, 5.74) is -0.185. The van der Waals surface area contributed by atoms with Crippen LogP contribution < -0.4 is 0 Å². The second-order valence-corrected chi connectivity index (χ2v) is 6.78. The minimum atomic E-state index is -4.52. The maximum absolute atomic E-state index is 12.7. The van der Waals surface area contributed by atoms with Crippen molar-refractivity contribution in [3.8, 4) is 0 Å². The molecule has 3 aromatic rings. The lowest BCUT2D eigenvalue weighted by Crippen LogP contribution is -2.09. The number of nitrogens with zero attached hydrogens (tertiary/aromatic N) is 2. The molecule has 0 atom stereocenters. The highest BCUT2D eigenvalue weighted by Gasteiger charge is 2.31. The van der Waals surface area contributed by atoms with E-state index in [1.54, 1.807) is 12.1 Å². The molecule has 0 aliphatic heterocycles. The minimum absolute atomic E-state index is 0.0354. The number of imidazole rings is 1. The van der Waals surface area contributed by atoms with Gasteiger partial charge in [-0.1, -0.05) is 18.2 Å². The number of aromatic nitrogens is 3. The summed E-state index contributed by atoms with van der Waals surface area (Å²) in [6.45, 7) is 0. The average molecular weight is 341 g/mol. The van der Waals surface area contributed by atoms with Gasteiger partial charge in [0.2, 0.25) is 15.0 Å². The molecule has 5 nitrogen and oxygen atoms in total. The first-order valence-corrected chi connectivity index (χ1v) is 8.10. The van der Waals surface area contributed by atoms with Gasteiger partial charge in [-0.15, -0.1) is 0 Å². The summed E-state index contributed by atoms with van der Waals surface area (Å²) in [4.78, 5) is 10.4. The van der Waals surface area contributed by atoms with E-state index in [0.29, 0.717) is 5.52 Å². The van der Waals surface area contributed by atoms with Crippen LogP contribution in [-0.4, -0.2) is 23.4 Å². The lowest BCUT2D eigenvalue weighted by atomic mass is 10.1.